The first kappa shape index (κ1) is 6.79. The van der Waals surface area contributed by atoms with Crippen molar-refractivity contribution in [1.82, 2.24) is 0 Å². The lowest BCUT2D eigenvalue weighted by Crippen LogP contribution is -2.36. The Balaban J connectivity index is 2.56. The number of hydrogen-bond acceptors (Lipinski definition) is 1. The molecule has 0 heterocycles. The molecule has 1 heteroatoms. The van der Waals surface area contributed by atoms with Gasteiger partial charge in [-0.25, -0.2) is 0 Å². The van der Waals surface area contributed by atoms with Crippen molar-refractivity contribution in [3.05, 3.63) is 0 Å². The number of rotatable bonds is 2. The zero-order chi connectivity index (χ0) is 6.91. The molecule has 1 nitrogen and oxygen atoms in total. The predicted octanol–water partition coefficient (Wildman–Crippen LogP) is 1.92. The van der Waals surface area contributed by atoms with Gasteiger partial charge in [-0.05, 0) is 18.8 Å². The first-order chi connectivity index (χ1) is 4.21. The highest BCUT2D eigenvalue weighted by atomic mass is 16.1. The van der Waals surface area contributed by atoms with Crippen LogP contribution in [0.3, 0.4) is 0 Å². The maximum absolute atomic E-state index is 10.4. The van der Waals surface area contributed by atoms with E-state index in [1.807, 2.05) is 0 Å². The number of carbonyl (C=O) groups excluding carboxylic acids is 1. The molecule has 1 rings (SSSR count). The van der Waals surface area contributed by atoms with Gasteiger partial charge in [0.05, 0.1) is 0 Å². The summed E-state index contributed by atoms with van der Waals surface area (Å²) in [6, 6.07) is 0. The molecule has 1 saturated carbocycles. The monoisotopic (exact) mass is 125 g/mol. The number of hydrogen-bond donors (Lipinski definition) is 0. The van der Waals surface area contributed by atoms with Gasteiger partial charge >= 0.3 is 0 Å². The Morgan fingerprint density at radius 2 is 2.00 bits per heavy atom. The van der Waals surface area contributed by atoms with Crippen LogP contribution in [-0.4, -0.2) is 6.29 Å². The maximum atomic E-state index is 10.4. The van der Waals surface area contributed by atoms with Crippen molar-refractivity contribution in [1.29, 1.82) is 0 Å². The van der Waals surface area contributed by atoms with Crippen LogP contribution in [0, 0.1) is 11.3 Å². The minimum Gasteiger partial charge on any atom is -0.290 e. The lowest BCUT2D eigenvalue weighted by atomic mass is 9.63. The Morgan fingerprint density at radius 1 is 1.44 bits per heavy atom. The molecule has 0 aliphatic heterocycles. The first-order valence-electron chi connectivity index (χ1n) is 3.60. The van der Waals surface area contributed by atoms with Crippen LogP contribution < -0.4 is 0 Å². The molecule has 0 aromatic carbocycles. The van der Waals surface area contributed by atoms with E-state index in [2.05, 4.69) is 20.1 Å². The molecule has 0 spiro atoms. The van der Waals surface area contributed by atoms with Crippen LogP contribution in [0.4, 0.5) is 0 Å². The SMILES string of the molecule is CC(C)C1([C]=O)CCC1. The van der Waals surface area contributed by atoms with Crippen LogP contribution in [0.5, 0.6) is 0 Å². The molecule has 1 aliphatic rings. The molecule has 9 heavy (non-hydrogen) atoms. The summed E-state index contributed by atoms with van der Waals surface area (Å²) in [5, 5.41) is 0. The third-order valence-corrected chi connectivity index (χ3v) is 2.55. The molecule has 0 saturated heterocycles. The van der Waals surface area contributed by atoms with Crippen molar-refractivity contribution in [3.8, 4) is 0 Å². The standard InChI is InChI=1S/C8H13O/c1-7(2)8(6-9)4-3-5-8/h7H,3-5H2,1-2H3. The van der Waals surface area contributed by atoms with Crippen LogP contribution in [0.1, 0.15) is 33.1 Å². The third-order valence-electron chi connectivity index (χ3n) is 2.55. The van der Waals surface area contributed by atoms with E-state index in [4.69, 9.17) is 0 Å². The van der Waals surface area contributed by atoms with Crippen molar-refractivity contribution in [2.45, 2.75) is 33.1 Å². The highest BCUT2D eigenvalue weighted by Crippen LogP contribution is 2.44. The normalized spacial score (nSPS) is 23.4. The Kier molecular flexibility index (Phi) is 1.60. The fourth-order valence-corrected chi connectivity index (χ4v) is 1.35. The smallest absolute Gasteiger partial charge is 0.205 e. The fraction of sp³-hybridized carbons (Fsp3) is 0.875. The van der Waals surface area contributed by atoms with Crippen molar-refractivity contribution in [3.63, 3.8) is 0 Å². The van der Waals surface area contributed by atoms with Gasteiger partial charge in [0.15, 0.2) is 0 Å². The molecule has 1 aliphatic carbocycles. The largest absolute Gasteiger partial charge is 0.290 e. The summed E-state index contributed by atoms with van der Waals surface area (Å²) in [4.78, 5) is 10.4. The summed E-state index contributed by atoms with van der Waals surface area (Å²) >= 11 is 0. The van der Waals surface area contributed by atoms with Gasteiger partial charge < -0.3 is 0 Å². The minimum absolute atomic E-state index is 0.0417. The third kappa shape index (κ3) is 0.887. The fourth-order valence-electron chi connectivity index (χ4n) is 1.35. The molecular formula is C8H13O. The van der Waals surface area contributed by atoms with Gasteiger partial charge in [0, 0.05) is 5.41 Å². The summed E-state index contributed by atoms with van der Waals surface area (Å²) in [5.41, 5.74) is -0.0417. The van der Waals surface area contributed by atoms with Crippen molar-refractivity contribution in [2.24, 2.45) is 11.3 Å². The van der Waals surface area contributed by atoms with E-state index >= 15 is 0 Å². The van der Waals surface area contributed by atoms with Gasteiger partial charge in [0.1, 0.15) is 0 Å². The van der Waals surface area contributed by atoms with E-state index in [9.17, 15) is 4.79 Å². The van der Waals surface area contributed by atoms with Gasteiger partial charge in [-0.2, -0.15) is 0 Å². The lowest BCUT2D eigenvalue weighted by molar-refractivity contribution is 0.151. The topological polar surface area (TPSA) is 17.1 Å². The molecule has 1 fully saturated rings. The van der Waals surface area contributed by atoms with Crippen LogP contribution in [-0.2, 0) is 4.79 Å². The van der Waals surface area contributed by atoms with Gasteiger partial charge in [-0.3, -0.25) is 4.79 Å². The van der Waals surface area contributed by atoms with E-state index in [1.54, 1.807) is 0 Å². The van der Waals surface area contributed by atoms with E-state index < -0.39 is 0 Å². The molecule has 51 valence electrons. The van der Waals surface area contributed by atoms with Crippen LogP contribution in [0.2, 0.25) is 0 Å². The predicted molar refractivity (Wildman–Crippen MR) is 36.8 cm³/mol. The first-order valence-corrected chi connectivity index (χ1v) is 3.60. The van der Waals surface area contributed by atoms with Crippen molar-refractivity contribution < 1.29 is 4.79 Å². The second-order valence-corrected chi connectivity index (χ2v) is 3.27. The minimum atomic E-state index is -0.0417. The van der Waals surface area contributed by atoms with E-state index in [0.717, 1.165) is 12.8 Å². The molecule has 0 aromatic heterocycles. The second kappa shape index (κ2) is 2.13. The van der Waals surface area contributed by atoms with Crippen LogP contribution in [0.15, 0.2) is 0 Å². The summed E-state index contributed by atoms with van der Waals surface area (Å²) < 4.78 is 0. The van der Waals surface area contributed by atoms with Crippen LogP contribution >= 0.6 is 0 Å². The Morgan fingerprint density at radius 3 is 2.00 bits per heavy atom. The summed E-state index contributed by atoms with van der Waals surface area (Å²) in [6.45, 7) is 4.20. The second-order valence-electron chi connectivity index (χ2n) is 3.27. The molecule has 0 bridgehead atoms. The Bertz CT molecular complexity index is 112. The quantitative estimate of drug-likeness (QED) is 0.551. The van der Waals surface area contributed by atoms with Gasteiger partial charge in [0.25, 0.3) is 0 Å². The van der Waals surface area contributed by atoms with E-state index in [-0.39, 0.29) is 5.41 Å². The Labute approximate surface area is 56.4 Å². The summed E-state index contributed by atoms with van der Waals surface area (Å²) in [7, 11) is 0. The summed E-state index contributed by atoms with van der Waals surface area (Å²) in [5.74, 6) is 0.490. The van der Waals surface area contributed by atoms with Gasteiger partial charge in [-0.1, -0.05) is 20.3 Å². The van der Waals surface area contributed by atoms with Gasteiger partial charge in [0.2, 0.25) is 6.29 Å². The molecule has 1 radical (unpaired) electrons. The van der Waals surface area contributed by atoms with E-state index in [0.29, 0.717) is 5.92 Å². The Hall–Kier alpha value is -0.330. The molecular weight excluding hydrogens is 112 g/mol. The van der Waals surface area contributed by atoms with Crippen molar-refractivity contribution >= 4 is 6.29 Å². The maximum Gasteiger partial charge on any atom is 0.205 e. The molecule has 0 N–H and O–H groups in total. The average Bonchev–Trinajstić information content (AvgIpc) is 1.62. The molecule has 0 amide bonds. The van der Waals surface area contributed by atoms with Crippen LogP contribution in [0.25, 0.3) is 0 Å². The zero-order valence-corrected chi connectivity index (χ0v) is 6.11. The molecule has 0 unspecified atom stereocenters. The summed E-state index contributed by atoms with van der Waals surface area (Å²) in [6.07, 6.45) is 5.51. The highest BCUT2D eigenvalue weighted by molar-refractivity contribution is 5.62. The van der Waals surface area contributed by atoms with Gasteiger partial charge in [-0.15, -0.1) is 0 Å². The lowest BCUT2D eigenvalue weighted by Gasteiger charge is -2.39. The molecule has 0 aromatic rings. The zero-order valence-electron chi connectivity index (χ0n) is 6.11. The average molecular weight is 125 g/mol. The van der Waals surface area contributed by atoms with Crippen molar-refractivity contribution in [2.75, 3.05) is 0 Å². The highest BCUT2D eigenvalue weighted by Gasteiger charge is 2.40. The molecule has 0 atom stereocenters. The van der Waals surface area contributed by atoms with E-state index in [1.165, 1.54) is 6.42 Å².